The van der Waals surface area contributed by atoms with E-state index in [2.05, 4.69) is 5.32 Å². The molecular weight excluding hydrogens is 371 g/mol. The highest BCUT2D eigenvalue weighted by Crippen LogP contribution is 2.40. The molecule has 0 radical (unpaired) electrons. The first kappa shape index (κ1) is 21.8. The number of benzene rings is 2. The van der Waals surface area contributed by atoms with Crippen molar-refractivity contribution in [1.29, 1.82) is 0 Å². The lowest BCUT2D eigenvalue weighted by Crippen LogP contribution is -2.31. The molecule has 7 heteroatoms. The number of halogens is 3. The summed E-state index contributed by atoms with van der Waals surface area (Å²) in [5, 5.41) is 13.9. The van der Waals surface area contributed by atoms with E-state index in [1.807, 2.05) is 6.92 Å². The molecule has 28 heavy (non-hydrogen) atoms. The Labute approximate surface area is 162 Å². The largest absolute Gasteiger partial charge is 0.416 e. The second-order valence-electron chi connectivity index (χ2n) is 6.46. The maximum Gasteiger partial charge on any atom is 0.416 e. The molecule has 152 valence electrons. The number of ether oxygens (including phenoxy) is 1. The topological polar surface area (TPSA) is 58.6 Å². The molecular formula is C21H24F3NO3. The normalized spacial score (nSPS) is 13.6. The highest BCUT2D eigenvalue weighted by molar-refractivity contribution is 5.71. The first-order chi connectivity index (χ1) is 13.2. The number of hydrogen-bond donors (Lipinski definition) is 2. The molecule has 2 N–H and O–H groups in total. The van der Waals surface area contributed by atoms with Crippen LogP contribution >= 0.6 is 0 Å². The summed E-state index contributed by atoms with van der Waals surface area (Å²) in [4.78, 5) is 12.0. The number of carbonyl (C=O) groups excluding carboxylic acids is 1. The minimum atomic E-state index is -4.53. The molecule has 0 aliphatic carbocycles. The van der Waals surface area contributed by atoms with Gasteiger partial charge in [-0.05, 0) is 36.6 Å². The summed E-state index contributed by atoms with van der Waals surface area (Å²) >= 11 is 0. The van der Waals surface area contributed by atoms with Crippen molar-refractivity contribution in [3.8, 4) is 5.75 Å². The maximum atomic E-state index is 13.1. The number of rotatable bonds is 7. The molecule has 0 spiro atoms. The number of hydrogen-bond acceptors (Lipinski definition) is 3. The Morgan fingerprint density at radius 3 is 2.39 bits per heavy atom. The van der Waals surface area contributed by atoms with Crippen LogP contribution in [-0.2, 0) is 11.8 Å². The van der Waals surface area contributed by atoms with Crippen molar-refractivity contribution < 1.29 is 27.8 Å². The first-order valence-corrected chi connectivity index (χ1v) is 9.17. The van der Waals surface area contributed by atoms with E-state index in [1.165, 1.54) is 18.2 Å². The molecule has 2 rings (SSSR count). The highest BCUT2D eigenvalue weighted by atomic mass is 19.4. The molecule has 4 nitrogen and oxygen atoms in total. The molecule has 0 fully saturated rings. The van der Waals surface area contributed by atoms with Gasteiger partial charge in [-0.3, -0.25) is 0 Å². The third-order valence-corrected chi connectivity index (χ3v) is 4.51. The van der Waals surface area contributed by atoms with Crippen LogP contribution in [0.15, 0.2) is 48.5 Å². The van der Waals surface area contributed by atoms with Crippen molar-refractivity contribution in [2.75, 3.05) is 6.54 Å². The quantitative estimate of drug-likeness (QED) is 0.631. The fourth-order valence-corrected chi connectivity index (χ4v) is 2.90. The average molecular weight is 395 g/mol. The minimum absolute atomic E-state index is 0.0762. The minimum Gasteiger partial charge on any atom is -0.410 e. The zero-order chi connectivity index (χ0) is 20.8. The first-order valence-electron chi connectivity index (χ1n) is 9.17. The molecule has 0 heterocycles. The number of para-hydroxylation sites is 1. The van der Waals surface area contributed by atoms with Gasteiger partial charge in [0.05, 0.1) is 5.56 Å². The van der Waals surface area contributed by atoms with Crippen LogP contribution in [0, 0.1) is 0 Å². The SMILES string of the molecule is CCCCNC(=O)Oc1ccccc1C(O)(CC)c1cccc(C(F)(F)F)c1. The molecule has 0 bridgehead atoms. The van der Waals surface area contributed by atoms with Crippen molar-refractivity contribution in [1.82, 2.24) is 5.32 Å². The average Bonchev–Trinajstić information content (AvgIpc) is 2.67. The number of alkyl halides is 3. The zero-order valence-electron chi connectivity index (χ0n) is 15.8. The van der Waals surface area contributed by atoms with Gasteiger partial charge in [0.1, 0.15) is 11.4 Å². The monoisotopic (exact) mass is 395 g/mol. The van der Waals surface area contributed by atoms with E-state index >= 15 is 0 Å². The van der Waals surface area contributed by atoms with Gasteiger partial charge in [0.2, 0.25) is 0 Å². The van der Waals surface area contributed by atoms with E-state index in [9.17, 15) is 23.1 Å². The van der Waals surface area contributed by atoms with Crippen molar-refractivity contribution in [3.05, 3.63) is 65.2 Å². The van der Waals surface area contributed by atoms with E-state index < -0.39 is 23.4 Å². The van der Waals surface area contributed by atoms with E-state index in [-0.39, 0.29) is 23.3 Å². The van der Waals surface area contributed by atoms with Gasteiger partial charge < -0.3 is 15.2 Å². The standard InChI is InChI=1S/C21H24F3NO3/c1-3-5-13-25-19(26)28-18-12-7-6-11-17(18)20(27,4-2)15-9-8-10-16(14-15)21(22,23)24/h6-12,14,27H,3-5,13H2,1-2H3,(H,25,26). The van der Waals surface area contributed by atoms with Gasteiger partial charge in [-0.15, -0.1) is 0 Å². The Hall–Kier alpha value is -2.54. The summed E-state index contributed by atoms with van der Waals surface area (Å²) in [6.45, 7) is 4.08. The molecule has 2 aromatic carbocycles. The Morgan fingerprint density at radius 2 is 1.75 bits per heavy atom. The van der Waals surface area contributed by atoms with Gasteiger partial charge >= 0.3 is 12.3 Å². The van der Waals surface area contributed by atoms with Gasteiger partial charge in [-0.2, -0.15) is 13.2 Å². The maximum absolute atomic E-state index is 13.1. The summed E-state index contributed by atoms with van der Waals surface area (Å²) < 4.78 is 44.6. The molecule has 2 aromatic rings. The zero-order valence-corrected chi connectivity index (χ0v) is 15.8. The Balaban J connectivity index is 2.40. The second kappa shape index (κ2) is 9.10. The van der Waals surface area contributed by atoms with Crippen LogP contribution in [0.5, 0.6) is 5.75 Å². The predicted octanol–water partition coefficient (Wildman–Crippen LogP) is 5.24. The summed E-state index contributed by atoms with van der Waals surface area (Å²) in [7, 11) is 0. The van der Waals surface area contributed by atoms with E-state index in [4.69, 9.17) is 4.74 Å². The molecule has 0 saturated carbocycles. The van der Waals surface area contributed by atoms with Crippen molar-refractivity contribution in [3.63, 3.8) is 0 Å². The number of unbranched alkanes of at least 4 members (excludes halogenated alkanes) is 1. The second-order valence-corrected chi connectivity index (χ2v) is 6.46. The fraction of sp³-hybridized carbons (Fsp3) is 0.381. The Bertz CT molecular complexity index is 807. The highest BCUT2D eigenvalue weighted by Gasteiger charge is 2.36. The fourth-order valence-electron chi connectivity index (χ4n) is 2.90. The smallest absolute Gasteiger partial charge is 0.410 e. The van der Waals surface area contributed by atoms with Crippen LogP contribution < -0.4 is 10.1 Å². The lowest BCUT2D eigenvalue weighted by atomic mass is 9.83. The Morgan fingerprint density at radius 1 is 1.07 bits per heavy atom. The van der Waals surface area contributed by atoms with Crippen LogP contribution in [-0.4, -0.2) is 17.7 Å². The van der Waals surface area contributed by atoms with Crippen LogP contribution in [0.2, 0.25) is 0 Å². The summed E-state index contributed by atoms with van der Waals surface area (Å²) in [5.41, 5.74) is -2.30. The molecule has 1 unspecified atom stereocenters. The number of nitrogens with one attached hydrogen (secondary N) is 1. The van der Waals surface area contributed by atoms with Gasteiger partial charge in [-0.1, -0.05) is 50.6 Å². The lowest BCUT2D eigenvalue weighted by molar-refractivity contribution is -0.137. The number of amides is 1. The molecule has 0 aliphatic rings. The predicted molar refractivity (Wildman–Crippen MR) is 100 cm³/mol. The molecule has 1 atom stereocenters. The molecule has 1 amide bonds. The molecule has 0 aliphatic heterocycles. The third kappa shape index (κ3) is 5.04. The van der Waals surface area contributed by atoms with Crippen LogP contribution in [0.1, 0.15) is 49.8 Å². The van der Waals surface area contributed by atoms with Crippen LogP contribution in [0.3, 0.4) is 0 Å². The molecule has 0 aromatic heterocycles. The van der Waals surface area contributed by atoms with Gasteiger partial charge in [0, 0.05) is 12.1 Å². The van der Waals surface area contributed by atoms with Crippen molar-refractivity contribution in [2.45, 2.75) is 44.9 Å². The van der Waals surface area contributed by atoms with E-state index in [0.717, 1.165) is 25.0 Å². The van der Waals surface area contributed by atoms with E-state index in [1.54, 1.807) is 25.1 Å². The van der Waals surface area contributed by atoms with Crippen LogP contribution in [0.4, 0.5) is 18.0 Å². The van der Waals surface area contributed by atoms with E-state index in [0.29, 0.717) is 6.54 Å². The van der Waals surface area contributed by atoms with Crippen LogP contribution in [0.25, 0.3) is 0 Å². The summed E-state index contributed by atoms with van der Waals surface area (Å²) in [5.74, 6) is 0.0956. The third-order valence-electron chi connectivity index (χ3n) is 4.51. The summed E-state index contributed by atoms with van der Waals surface area (Å²) in [6, 6.07) is 10.8. The van der Waals surface area contributed by atoms with Gasteiger partial charge in [0.25, 0.3) is 0 Å². The van der Waals surface area contributed by atoms with Gasteiger partial charge in [0.15, 0.2) is 0 Å². The molecule has 0 saturated heterocycles. The number of carbonyl (C=O) groups is 1. The van der Waals surface area contributed by atoms with Crippen molar-refractivity contribution >= 4 is 6.09 Å². The van der Waals surface area contributed by atoms with Crippen molar-refractivity contribution in [2.24, 2.45) is 0 Å². The van der Waals surface area contributed by atoms with Gasteiger partial charge in [-0.25, -0.2) is 4.79 Å². The number of aliphatic hydroxyl groups is 1. The Kier molecular flexibility index (Phi) is 7.07. The summed E-state index contributed by atoms with van der Waals surface area (Å²) in [6.07, 6.45) is -3.42. The lowest BCUT2D eigenvalue weighted by Gasteiger charge is -2.30.